The number of nitrogens with one attached hydrogen (secondary N) is 1. The van der Waals surface area contributed by atoms with Gasteiger partial charge in [-0.25, -0.2) is 0 Å². The number of ether oxygens (including phenoxy) is 1. The van der Waals surface area contributed by atoms with Gasteiger partial charge in [0.1, 0.15) is 5.75 Å². The molecule has 188 valence electrons. The van der Waals surface area contributed by atoms with Gasteiger partial charge in [-0.1, -0.05) is 0 Å². The van der Waals surface area contributed by atoms with Crippen LogP contribution in [-0.2, 0) is 4.79 Å². The Hall–Kier alpha value is -3.02. The summed E-state index contributed by atoms with van der Waals surface area (Å²) in [6, 6.07) is 1.36. The number of nitro benzene ring substituents is 1. The van der Waals surface area contributed by atoms with E-state index in [1.165, 1.54) is 0 Å². The van der Waals surface area contributed by atoms with Gasteiger partial charge in [-0.05, 0) is 6.07 Å². The summed E-state index contributed by atoms with van der Waals surface area (Å²) in [7, 11) is 0.734. The number of carbonyl (C=O) groups excluding carboxylic acids is 1. The van der Waals surface area contributed by atoms with Crippen LogP contribution in [0.25, 0.3) is 0 Å². The number of anilines is 1. The number of hydrogen-bond donors (Lipinski definition) is 1. The zero-order valence-corrected chi connectivity index (χ0v) is 15.2. The molecule has 0 heterocycles. The number of non-ortho nitro benzene ring substituents is 1. The van der Waals surface area contributed by atoms with Crippen molar-refractivity contribution in [3.63, 3.8) is 0 Å². The van der Waals surface area contributed by atoms with Crippen LogP contribution >= 0.6 is 0 Å². The molecule has 0 spiro atoms. The van der Waals surface area contributed by atoms with E-state index < -0.39 is 63.7 Å². The Morgan fingerprint density at radius 1 is 0.848 bits per heavy atom. The fourth-order valence-electron chi connectivity index (χ4n) is 2.02. The highest BCUT2D eigenvalue weighted by molar-refractivity contribution is 5.98. The number of nitrogens with zero attached hydrogens (tertiary/aromatic N) is 1. The van der Waals surface area contributed by atoms with E-state index >= 15 is 0 Å². The number of methoxy groups -OCH3 is 1. The summed E-state index contributed by atoms with van der Waals surface area (Å²) in [4.78, 5) is 20.9. The second-order valence-corrected chi connectivity index (χ2v) is 5.97. The molecule has 0 aromatic heterocycles. The molecule has 1 aromatic carbocycles. The summed E-state index contributed by atoms with van der Waals surface area (Å²) in [5.41, 5.74) is -2.30. The first kappa shape index (κ1) is 28.0. The molecule has 0 bridgehead atoms. The molecule has 0 radical (unpaired) electrons. The number of amides is 1. The van der Waals surface area contributed by atoms with Crippen LogP contribution in [0.15, 0.2) is 18.2 Å². The predicted molar refractivity (Wildman–Crippen MR) is 79.1 cm³/mol. The Labute approximate surface area is 172 Å². The van der Waals surface area contributed by atoms with Gasteiger partial charge in [0.15, 0.2) is 0 Å². The number of nitro groups is 1. The van der Waals surface area contributed by atoms with Gasteiger partial charge in [-0.2, -0.15) is 57.1 Å². The second kappa shape index (κ2) is 8.08. The Kier molecular flexibility index (Phi) is 6.86. The van der Waals surface area contributed by atoms with E-state index in [1.807, 2.05) is 0 Å². The molecule has 1 rings (SSSR count). The quantitative estimate of drug-likeness (QED) is 0.291. The molecule has 0 aliphatic carbocycles. The van der Waals surface area contributed by atoms with Crippen LogP contribution in [0.1, 0.15) is 0 Å². The molecule has 0 aliphatic heterocycles. The number of benzene rings is 1. The molecular formula is C14H7F13N2O4. The lowest BCUT2D eigenvalue weighted by Gasteiger charge is -2.39. The second-order valence-electron chi connectivity index (χ2n) is 5.97. The topological polar surface area (TPSA) is 81.5 Å². The summed E-state index contributed by atoms with van der Waals surface area (Å²) in [6.07, 6.45) is -7.59. The highest BCUT2D eigenvalue weighted by Crippen LogP contribution is 2.60. The maximum atomic E-state index is 13.8. The van der Waals surface area contributed by atoms with Crippen LogP contribution in [0.5, 0.6) is 5.75 Å². The number of carbonyl (C=O) groups is 1. The summed E-state index contributed by atoms with van der Waals surface area (Å²) >= 11 is 0. The first-order valence-corrected chi connectivity index (χ1v) is 7.60. The Balaban J connectivity index is 3.50. The van der Waals surface area contributed by atoms with E-state index in [9.17, 15) is 72.0 Å². The van der Waals surface area contributed by atoms with Crippen LogP contribution in [-0.4, -0.2) is 53.7 Å². The van der Waals surface area contributed by atoms with Crippen LogP contribution in [0, 0.1) is 10.1 Å². The lowest BCUT2D eigenvalue weighted by molar-refractivity contribution is -0.435. The molecule has 1 N–H and O–H groups in total. The van der Waals surface area contributed by atoms with Gasteiger partial charge in [0.2, 0.25) is 0 Å². The molecule has 1 amide bonds. The molecule has 6 nitrogen and oxygen atoms in total. The van der Waals surface area contributed by atoms with Gasteiger partial charge < -0.3 is 10.1 Å². The minimum atomic E-state index is -8.17. The van der Waals surface area contributed by atoms with Crippen molar-refractivity contribution < 1.29 is 71.5 Å². The van der Waals surface area contributed by atoms with E-state index in [2.05, 4.69) is 4.74 Å². The van der Waals surface area contributed by atoms with Gasteiger partial charge in [-0.15, -0.1) is 0 Å². The highest BCUT2D eigenvalue weighted by Gasteiger charge is 2.91. The van der Waals surface area contributed by atoms with Crippen molar-refractivity contribution in [1.82, 2.24) is 0 Å². The number of alkyl halides is 13. The normalized spacial score (nSPS) is 14.1. The van der Waals surface area contributed by atoms with Gasteiger partial charge >= 0.3 is 41.7 Å². The van der Waals surface area contributed by atoms with E-state index in [0.717, 1.165) is 7.11 Å². The lowest BCUT2D eigenvalue weighted by atomic mass is 9.93. The summed E-state index contributed by atoms with van der Waals surface area (Å²) in [5.74, 6) is -43.6. The molecule has 1 aromatic rings. The number of hydrogen-bond acceptors (Lipinski definition) is 4. The molecule has 0 saturated heterocycles. The molecule has 0 saturated carbocycles. The van der Waals surface area contributed by atoms with E-state index in [-0.39, 0.29) is 6.07 Å². The largest absolute Gasteiger partial charge is 0.495 e. The van der Waals surface area contributed by atoms with Crippen molar-refractivity contribution in [2.24, 2.45) is 0 Å². The molecule has 0 unspecified atom stereocenters. The van der Waals surface area contributed by atoms with Gasteiger partial charge in [-0.3, -0.25) is 14.9 Å². The minimum Gasteiger partial charge on any atom is -0.495 e. The van der Waals surface area contributed by atoms with Crippen molar-refractivity contribution in [1.29, 1.82) is 0 Å². The van der Waals surface area contributed by atoms with Gasteiger partial charge in [0.25, 0.3) is 5.69 Å². The fourth-order valence-corrected chi connectivity index (χ4v) is 2.02. The highest BCUT2D eigenvalue weighted by atomic mass is 19.4. The SMILES string of the molecule is COc1ccc([N+](=O)[O-])cc1NC(=O)C(F)(F)C(F)(F)C(F)(F)C(F)(F)C(F)(F)C(F)(F)F. The van der Waals surface area contributed by atoms with E-state index in [1.54, 1.807) is 0 Å². The summed E-state index contributed by atoms with van der Waals surface area (Å²) < 4.78 is 174. The number of halogens is 13. The molecule has 33 heavy (non-hydrogen) atoms. The molecule has 0 fully saturated rings. The monoisotopic (exact) mass is 514 g/mol. The van der Waals surface area contributed by atoms with Crippen molar-refractivity contribution in [3.8, 4) is 5.75 Å². The average molecular weight is 514 g/mol. The average Bonchev–Trinajstić information content (AvgIpc) is 2.66. The van der Waals surface area contributed by atoms with Gasteiger partial charge in [0, 0.05) is 12.1 Å². The third-order valence-electron chi connectivity index (χ3n) is 3.86. The van der Waals surface area contributed by atoms with Crippen LogP contribution < -0.4 is 10.1 Å². The van der Waals surface area contributed by atoms with Crippen molar-refractivity contribution in [2.75, 3.05) is 12.4 Å². The molecule has 0 atom stereocenters. The van der Waals surface area contributed by atoms with Crippen molar-refractivity contribution in [2.45, 2.75) is 35.8 Å². The zero-order chi connectivity index (χ0) is 26.4. The smallest absolute Gasteiger partial charge is 0.460 e. The maximum Gasteiger partial charge on any atom is 0.460 e. The maximum absolute atomic E-state index is 13.8. The number of rotatable bonds is 8. The zero-order valence-electron chi connectivity index (χ0n) is 15.2. The first-order valence-electron chi connectivity index (χ1n) is 7.60. The summed E-state index contributed by atoms with van der Waals surface area (Å²) in [6.45, 7) is 0. The third-order valence-corrected chi connectivity index (χ3v) is 3.86. The first-order chi connectivity index (χ1) is 14.5. The Morgan fingerprint density at radius 3 is 1.70 bits per heavy atom. The minimum absolute atomic E-state index is 0.162. The molecule has 0 aliphatic rings. The van der Waals surface area contributed by atoms with E-state index in [4.69, 9.17) is 0 Å². The fraction of sp³-hybridized carbons (Fsp3) is 0.500. The van der Waals surface area contributed by atoms with Crippen molar-refractivity contribution >= 4 is 17.3 Å². The van der Waals surface area contributed by atoms with E-state index in [0.29, 0.717) is 17.4 Å². The Morgan fingerprint density at radius 2 is 1.30 bits per heavy atom. The van der Waals surface area contributed by atoms with Crippen molar-refractivity contribution in [3.05, 3.63) is 28.3 Å². The van der Waals surface area contributed by atoms with Gasteiger partial charge in [0.05, 0.1) is 17.7 Å². The summed E-state index contributed by atoms with van der Waals surface area (Å²) in [5, 5.41) is 11.4. The lowest BCUT2D eigenvalue weighted by Crippen LogP contribution is -2.71. The van der Waals surface area contributed by atoms with Crippen LogP contribution in [0.4, 0.5) is 68.5 Å². The molecular weight excluding hydrogens is 507 g/mol. The Bertz CT molecular complexity index is 930. The van der Waals surface area contributed by atoms with Crippen LogP contribution in [0.3, 0.4) is 0 Å². The standard InChI is InChI=1S/C14H7F13N2O4/c1-33-7-3-2-5(29(31)32)4-6(7)28-8(30)9(15,16)10(17,18)11(19,20)12(21,22)13(23,24)14(25,26)27/h2-4H,1H3,(H,28,30). The predicted octanol–water partition coefficient (Wildman–Crippen LogP) is 5.28. The van der Waals surface area contributed by atoms with Crippen LogP contribution in [0.2, 0.25) is 0 Å². The third kappa shape index (κ3) is 4.19. The molecule has 19 heteroatoms.